The van der Waals surface area contributed by atoms with E-state index in [-0.39, 0.29) is 5.91 Å². The van der Waals surface area contributed by atoms with Crippen molar-refractivity contribution in [3.63, 3.8) is 0 Å². The minimum atomic E-state index is -0.0896. The van der Waals surface area contributed by atoms with Crippen LogP contribution in [0.3, 0.4) is 0 Å². The maximum absolute atomic E-state index is 12.6. The Labute approximate surface area is 162 Å². The number of anilines is 1. The molecule has 7 heteroatoms. The fourth-order valence-corrected chi connectivity index (χ4v) is 3.23. The quantitative estimate of drug-likeness (QED) is 0.519. The van der Waals surface area contributed by atoms with E-state index < -0.39 is 0 Å². The van der Waals surface area contributed by atoms with E-state index >= 15 is 0 Å². The molecule has 0 aliphatic carbocycles. The summed E-state index contributed by atoms with van der Waals surface area (Å²) in [6.45, 7) is 3.94. The van der Waals surface area contributed by atoms with Crippen LogP contribution in [0.25, 0.3) is 21.8 Å². The third-order valence-electron chi connectivity index (χ3n) is 4.62. The van der Waals surface area contributed by atoms with Crippen molar-refractivity contribution in [2.75, 3.05) is 18.4 Å². The third kappa shape index (κ3) is 3.51. The molecule has 2 aromatic carbocycles. The molecule has 2 N–H and O–H groups in total. The Hall–Kier alpha value is -3.48. The van der Waals surface area contributed by atoms with Crippen LogP contribution in [0.4, 0.5) is 5.82 Å². The summed E-state index contributed by atoms with van der Waals surface area (Å²) >= 11 is 0. The topological polar surface area (TPSA) is 84.7 Å². The van der Waals surface area contributed by atoms with Crippen LogP contribution in [0.1, 0.15) is 23.7 Å². The lowest BCUT2D eigenvalue weighted by Gasteiger charge is -2.09. The average molecular weight is 374 g/mol. The second-order valence-corrected chi connectivity index (χ2v) is 6.54. The average Bonchev–Trinajstić information content (AvgIpc) is 3.15. The molecule has 4 rings (SSSR count). The van der Waals surface area contributed by atoms with Crippen molar-refractivity contribution in [2.24, 2.45) is 0 Å². The zero-order valence-electron chi connectivity index (χ0n) is 15.7. The van der Waals surface area contributed by atoms with Crippen LogP contribution in [-0.2, 0) is 6.54 Å². The molecule has 0 aliphatic rings. The molecule has 7 nitrogen and oxygen atoms in total. The molecule has 0 unspecified atom stereocenters. The molecule has 1 amide bonds. The van der Waals surface area contributed by atoms with Crippen LogP contribution < -0.4 is 10.6 Å². The normalized spacial score (nSPS) is 11.0. The number of fused-ring (bicyclic) bond motifs is 2. The number of carbonyl (C=O) groups is 1. The van der Waals surface area contributed by atoms with Gasteiger partial charge in [-0.1, -0.05) is 43.3 Å². The van der Waals surface area contributed by atoms with Crippen molar-refractivity contribution < 1.29 is 4.79 Å². The molecule has 0 fully saturated rings. The van der Waals surface area contributed by atoms with Crippen molar-refractivity contribution in [2.45, 2.75) is 19.9 Å². The molecule has 0 spiro atoms. The summed E-state index contributed by atoms with van der Waals surface area (Å²) in [5, 5.41) is 13.6. The minimum Gasteiger partial charge on any atom is -0.369 e. The number of rotatable bonds is 7. The SMILES string of the molecule is CCCNc1ncnc2c1cnn2CCNC(=O)c1cccc2ccccc12. The summed E-state index contributed by atoms with van der Waals surface area (Å²) in [6.07, 6.45) is 4.31. The fraction of sp³-hybridized carbons (Fsp3) is 0.238. The van der Waals surface area contributed by atoms with Gasteiger partial charge in [0.05, 0.1) is 18.1 Å². The van der Waals surface area contributed by atoms with Gasteiger partial charge in [0.15, 0.2) is 5.65 Å². The van der Waals surface area contributed by atoms with Gasteiger partial charge in [0, 0.05) is 18.7 Å². The van der Waals surface area contributed by atoms with Crippen molar-refractivity contribution in [1.82, 2.24) is 25.1 Å². The molecule has 0 radical (unpaired) electrons. The Morgan fingerprint density at radius 3 is 2.79 bits per heavy atom. The van der Waals surface area contributed by atoms with Gasteiger partial charge in [0.25, 0.3) is 5.91 Å². The van der Waals surface area contributed by atoms with E-state index in [0.717, 1.165) is 40.6 Å². The van der Waals surface area contributed by atoms with Gasteiger partial charge >= 0.3 is 0 Å². The predicted octanol–water partition coefficient (Wildman–Crippen LogP) is 3.23. The lowest BCUT2D eigenvalue weighted by atomic mass is 10.0. The molecule has 4 aromatic rings. The van der Waals surface area contributed by atoms with E-state index in [1.165, 1.54) is 6.33 Å². The zero-order valence-corrected chi connectivity index (χ0v) is 15.7. The van der Waals surface area contributed by atoms with Crippen molar-refractivity contribution in [3.05, 3.63) is 60.6 Å². The van der Waals surface area contributed by atoms with Crippen LogP contribution in [0, 0.1) is 0 Å². The number of aromatic nitrogens is 4. The van der Waals surface area contributed by atoms with Gasteiger partial charge in [-0.3, -0.25) is 4.79 Å². The lowest BCUT2D eigenvalue weighted by Crippen LogP contribution is -2.27. The van der Waals surface area contributed by atoms with Gasteiger partial charge in [0.1, 0.15) is 12.1 Å². The number of hydrogen-bond donors (Lipinski definition) is 2. The van der Waals surface area contributed by atoms with E-state index in [4.69, 9.17) is 0 Å². The molecule has 0 aliphatic heterocycles. The standard InChI is InChI=1S/C21H22N6O/c1-2-10-22-19-18-13-26-27(20(18)25-14-24-19)12-11-23-21(28)17-9-5-7-15-6-3-4-8-16(15)17/h3-9,13-14H,2,10-12H2,1H3,(H,23,28)(H,22,24,25). The highest BCUT2D eigenvalue weighted by atomic mass is 16.1. The summed E-state index contributed by atoms with van der Waals surface area (Å²) in [7, 11) is 0. The number of hydrogen-bond acceptors (Lipinski definition) is 5. The van der Waals surface area contributed by atoms with E-state index in [1.807, 2.05) is 42.5 Å². The molecule has 142 valence electrons. The van der Waals surface area contributed by atoms with Crippen LogP contribution in [-0.4, -0.2) is 38.7 Å². The van der Waals surface area contributed by atoms with Gasteiger partial charge in [-0.15, -0.1) is 0 Å². The Morgan fingerprint density at radius 1 is 1.04 bits per heavy atom. The maximum Gasteiger partial charge on any atom is 0.251 e. The first-order valence-electron chi connectivity index (χ1n) is 9.44. The van der Waals surface area contributed by atoms with E-state index in [0.29, 0.717) is 18.7 Å². The summed E-state index contributed by atoms with van der Waals surface area (Å²) in [5.41, 5.74) is 1.44. The van der Waals surface area contributed by atoms with Crippen molar-refractivity contribution in [3.8, 4) is 0 Å². The van der Waals surface area contributed by atoms with Gasteiger partial charge in [-0.05, 0) is 23.3 Å². The maximum atomic E-state index is 12.6. The Balaban J connectivity index is 1.46. The lowest BCUT2D eigenvalue weighted by molar-refractivity contribution is 0.0953. The number of amides is 1. The monoisotopic (exact) mass is 374 g/mol. The molecule has 2 heterocycles. The van der Waals surface area contributed by atoms with Crippen LogP contribution in [0.15, 0.2) is 55.0 Å². The second-order valence-electron chi connectivity index (χ2n) is 6.54. The van der Waals surface area contributed by atoms with Crippen molar-refractivity contribution in [1.29, 1.82) is 0 Å². The minimum absolute atomic E-state index is 0.0896. The van der Waals surface area contributed by atoms with Gasteiger partial charge in [-0.2, -0.15) is 5.10 Å². The van der Waals surface area contributed by atoms with E-state index in [9.17, 15) is 4.79 Å². The zero-order chi connectivity index (χ0) is 19.3. The van der Waals surface area contributed by atoms with Crippen molar-refractivity contribution >= 4 is 33.5 Å². The number of carbonyl (C=O) groups excluding carboxylic acids is 1. The Morgan fingerprint density at radius 2 is 1.89 bits per heavy atom. The van der Waals surface area contributed by atoms with Gasteiger partial charge < -0.3 is 10.6 Å². The molecule has 0 saturated heterocycles. The number of benzene rings is 2. The van der Waals surface area contributed by atoms with Crippen LogP contribution in [0.2, 0.25) is 0 Å². The molecule has 0 atom stereocenters. The predicted molar refractivity (Wildman–Crippen MR) is 110 cm³/mol. The first kappa shape index (κ1) is 17.9. The number of nitrogens with zero attached hydrogens (tertiary/aromatic N) is 4. The van der Waals surface area contributed by atoms with Gasteiger partial charge in [0.2, 0.25) is 0 Å². The highest BCUT2D eigenvalue weighted by Gasteiger charge is 2.11. The first-order chi connectivity index (χ1) is 13.8. The second kappa shape index (κ2) is 8.04. The molecular weight excluding hydrogens is 352 g/mol. The highest BCUT2D eigenvalue weighted by molar-refractivity contribution is 6.07. The number of nitrogens with one attached hydrogen (secondary N) is 2. The Bertz CT molecular complexity index is 1110. The summed E-state index contributed by atoms with van der Waals surface area (Å²) in [4.78, 5) is 21.3. The van der Waals surface area contributed by atoms with Crippen LogP contribution in [0.5, 0.6) is 0 Å². The molecule has 2 aromatic heterocycles. The van der Waals surface area contributed by atoms with Gasteiger partial charge in [-0.25, -0.2) is 14.6 Å². The van der Waals surface area contributed by atoms with E-state index in [1.54, 1.807) is 10.9 Å². The summed E-state index contributed by atoms with van der Waals surface area (Å²) < 4.78 is 1.79. The summed E-state index contributed by atoms with van der Waals surface area (Å²) in [5.74, 6) is 0.700. The molecule has 28 heavy (non-hydrogen) atoms. The Kier molecular flexibility index (Phi) is 5.14. The largest absolute Gasteiger partial charge is 0.369 e. The molecule has 0 bridgehead atoms. The third-order valence-corrected chi connectivity index (χ3v) is 4.62. The summed E-state index contributed by atoms with van der Waals surface area (Å²) in [6, 6.07) is 13.6. The smallest absolute Gasteiger partial charge is 0.251 e. The molecule has 0 saturated carbocycles. The van der Waals surface area contributed by atoms with E-state index in [2.05, 4.69) is 32.6 Å². The highest BCUT2D eigenvalue weighted by Crippen LogP contribution is 2.19. The molecular formula is C21H22N6O. The fourth-order valence-electron chi connectivity index (χ4n) is 3.23. The van der Waals surface area contributed by atoms with Crippen LogP contribution >= 0.6 is 0 Å². The first-order valence-corrected chi connectivity index (χ1v) is 9.44.